The van der Waals surface area contributed by atoms with Crippen LogP contribution in [0.15, 0.2) is 10.7 Å². The van der Waals surface area contributed by atoms with E-state index in [1.807, 2.05) is 0 Å². The minimum atomic E-state index is -0.639. The predicted octanol–water partition coefficient (Wildman–Crippen LogP) is 0.303. The van der Waals surface area contributed by atoms with E-state index in [0.29, 0.717) is 0 Å². The van der Waals surface area contributed by atoms with Crippen molar-refractivity contribution in [2.45, 2.75) is 6.54 Å². The zero-order chi connectivity index (χ0) is 12.1. The van der Waals surface area contributed by atoms with E-state index in [1.54, 1.807) is 0 Å². The molecule has 0 unspecified atom stereocenters. The number of halogens is 1. The molecule has 0 atom stereocenters. The third-order valence-electron chi connectivity index (χ3n) is 1.57. The number of carbonyl (C=O) groups is 1. The molecule has 1 amide bonds. The highest BCUT2D eigenvalue weighted by Gasteiger charge is 2.19. The fourth-order valence-corrected chi connectivity index (χ4v) is 1.40. The fraction of sp³-hybridized carbons (Fsp3) is 0.250. The van der Waals surface area contributed by atoms with Crippen LogP contribution in [0.5, 0.6) is 0 Å². The summed E-state index contributed by atoms with van der Waals surface area (Å²) in [7, 11) is 0. The van der Waals surface area contributed by atoms with Crippen LogP contribution in [0.3, 0.4) is 0 Å². The van der Waals surface area contributed by atoms with Gasteiger partial charge < -0.3 is 15.4 Å². The van der Waals surface area contributed by atoms with Gasteiger partial charge in [-0.1, -0.05) is 5.92 Å². The van der Waals surface area contributed by atoms with Crippen molar-refractivity contribution in [1.29, 1.82) is 0 Å². The summed E-state index contributed by atoms with van der Waals surface area (Å²) in [5.74, 6) is 1.55. The fourth-order valence-electron chi connectivity index (χ4n) is 0.944. The highest BCUT2D eigenvalue weighted by Crippen LogP contribution is 2.21. The highest BCUT2D eigenvalue weighted by atomic mass is 79.9. The molecule has 0 aromatic carbocycles. The molecule has 0 radical (unpaired) electrons. The number of hydrogen-bond acceptors (Lipinski definition) is 4. The van der Waals surface area contributed by atoms with Crippen molar-refractivity contribution in [3.05, 3.63) is 20.8 Å². The summed E-state index contributed by atoms with van der Waals surface area (Å²) in [6.45, 7) is -0.00250. The molecule has 16 heavy (non-hydrogen) atoms. The molecule has 0 spiro atoms. The van der Waals surface area contributed by atoms with Crippen molar-refractivity contribution in [3.8, 4) is 12.3 Å². The Morgan fingerprint density at radius 2 is 2.50 bits per heavy atom. The summed E-state index contributed by atoms with van der Waals surface area (Å²) in [4.78, 5) is 21.0. The predicted molar refractivity (Wildman–Crippen MR) is 58.4 cm³/mol. The number of aromatic nitrogens is 2. The maximum Gasteiger partial charge on any atom is 0.404 e. The Hall–Kier alpha value is -1.88. The Morgan fingerprint density at radius 3 is 3.00 bits per heavy atom. The molecule has 0 saturated carbocycles. The monoisotopic (exact) mass is 286 g/mol. The van der Waals surface area contributed by atoms with Gasteiger partial charge in [-0.05, 0) is 20.9 Å². The molecule has 0 saturated heterocycles. The summed E-state index contributed by atoms with van der Waals surface area (Å²) in [5.41, 5.74) is 0. The van der Waals surface area contributed by atoms with Crippen LogP contribution in [0.2, 0.25) is 0 Å². The molecule has 1 aromatic rings. The lowest BCUT2D eigenvalue weighted by atomic mass is 10.5. The third kappa shape index (κ3) is 3.06. The van der Waals surface area contributed by atoms with Gasteiger partial charge in [0.05, 0.1) is 17.8 Å². The molecule has 0 aliphatic carbocycles. The Morgan fingerprint density at radius 1 is 1.81 bits per heavy atom. The summed E-state index contributed by atoms with van der Waals surface area (Å²) >= 11 is 2.97. The van der Waals surface area contributed by atoms with Gasteiger partial charge in [-0.3, -0.25) is 4.79 Å². The Balaban J connectivity index is 2.69. The largest absolute Gasteiger partial charge is 0.404 e. The molecule has 0 aliphatic rings. The molecule has 8 heteroatoms. The second kappa shape index (κ2) is 5.27. The van der Waals surface area contributed by atoms with E-state index in [4.69, 9.17) is 6.42 Å². The summed E-state index contributed by atoms with van der Waals surface area (Å²) in [6, 6.07) is 0. The number of rotatable bonds is 4. The molecule has 1 heterocycles. The van der Waals surface area contributed by atoms with Gasteiger partial charge in [0, 0.05) is 0 Å². The van der Waals surface area contributed by atoms with Crippen LogP contribution in [0, 0.1) is 22.5 Å². The van der Waals surface area contributed by atoms with Gasteiger partial charge in [0.2, 0.25) is 5.91 Å². The normalized spacial score (nSPS) is 9.50. The number of carbonyl (C=O) groups excluding carboxylic acids is 1. The lowest BCUT2D eigenvalue weighted by Gasteiger charge is -1.97. The second-order valence-electron chi connectivity index (χ2n) is 2.74. The topological polar surface area (TPSA) is 90.1 Å². The molecular weight excluding hydrogens is 280 g/mol. The van der Waals surface area contributed by atoms with Crippen molar-refractivity contribution in [2.24, 2.45) is 0 Å². The summed E-state index contributed by atoms with van der Waals surface area (Å²) in [5, 5.41) is 16.5. The van der Waals surface area contributed by atoms with Crippen molar-refractivity contribution >= 4 is 27.7 Å². The zero-order valence-electron chi connectivity index (χ0n) is 8.01. The maximum absolute atomic E-state index is 11.2. The molecule has 7 nitrogen and oxygen atoms in total. The zero-order valence-corrected chi connectivity index (χ0v) is 9.60. The number of terminal acetylenes is 1. The van der Waals surface area contributed by atoms with Crippen LogP contribution in [-0.4, -0.2) is 27.2 Å². The minimum absolute atomic E-state index is 0.114. The van der Waals surface area contributed by atoms with Crippen LogP contribution >= 0.6 is 15.9 Å². The lowest BCUT2D eigenvalue weighted by Crippen LogP contribution is -2.27. The average molecular weight is 287 g/mol. The van der Waals surface area contributed by atoms with Crippen molar-refractivity contribution in [2.75, 3.05) is 6.54 Å². The van der Waals surface area contributed by atoms with Crippen LogP contribution in [0.1, 0.15) is 0 Å². The Kier molecular flexibility index (Phi) is 4.02. The van der Waals surface area contributed by atoms with Gasteiger partial charge in [0.25, 0.3) is 0 Å². The quantitative estimate of drug-likeness (QED) is 0.490. The molecule has 84 valence electrons. The first-order chi connectivity index (χ1) is 7.54. The average Bonchev–Trinajstić information content (AvgIpc) is 2.56. The van der Waals surface area contributed by atoms with E-state index in [0.717, 1.165) is 4.68 Å². The molecule has 1 aromatic heterocycles. The number of hydrogen-bond donors (Lipinski definition) is 1. The van der Waals surface area contributed by atoms with E-state index in [-0.39, 0.29) is 29.3 Å². The first-order valence-electron chi connectivity index (χ1n) is 4.12. The van der Waals surface area contributed by atoms with Gasteiger partial charge in [0.15, 0.2) is 0 Å². The standard InChI is InChI=1S/C8H7BrN4O3/c1-2-3-10-7(14)5-12-4-6(9)8(11-12)13(15)16/h1,4H,3,5H2,(H,10,14). The van der Waals surface area contributed by atoms with Crippen LogP contribution in [-0.2, 0) is 11.3 Å². The van der Waals surface area contributed by atoms with Gasteiger partial charge in [-0.2, -0.15) is 4.68 Å². The van der Waals surface area contributed by atoms with E-state index in [1.165, 1.54) is 6.20 Å². The number of nitrogens with one attached hydrogen (secondary N) is 1. The molecule has 0 bridgehead atoms. The van der Waals surface area contributed by atoms with Gasteiger partial charge >= 0.3 is 5.82 Å². The molecule has 1 N–H and O–H groups in total. The lowest BCUT2D eigenvalue weighted by molar-refractivity contribution is -0.390. The van der Waals surface area contributed by atoms with E-state index in [2.05, 4.69) is 32.3 Å². The summed E-state index contributed by atoms with van der Waals surface area (Å²) < 4.78 is 1.39. The number of nitrogens with zero attached hydrogens (tertiary/aromatic N) is 3. The molecule has 1 rings (SSSR count). The number of amides is 1. The van der Waals surface area contributed by atoms with Gasteiger partial charge in [-0.25, -0.2) is 0 Å². The highest BCUT2D eigenvalue weighted by molar-refractivity contribution is 9.10. The van der Waals surface area contributed by atoms with Crippen molar-refractivity contribution in [3.63, 3.8) is 0 Å². The third-order valence-corrected chi connectivity index (χ3v) is 2.12. The van der Waals surface area contributed by atoms with Crippen LogP contribution in [0.4, 0.5) is 5.82 Å². The minimum Gasteiger partial charge on any atom is -0.358 e. The van der Waals surface area contributed by atoms with Gasteiger partial charge in [-0.15, -0.1) is 6.42 Å². The van der Waals surface area contributed by atoms with Crippen molar-refractivity contribution < 1.29 is 9.72 Å². The van der Waals surface area contributed by atoms with E-state index >= 15 is 0 Å². The van der Waals surface area contributed by atoms with Gasteiger partial charge in [0.1, 0.15) is 11.0 Å². The van der Waals surface area contributed by atoms with E-state index < -0.39 is 4.92 Å². The maximum atomic E-state index is 11.2. The first-order valence-corrected chi connectivity index (χ1v) is 4.91. The van der Waals surface area contributed by atoms with Crippen LogP contribution in [0.25, 0.3) is 0 Å². The number of nitro groups is 1. The second-order valence-corrected chi connectivity index (χ2v) is 3.59. The molecule has 0 aliphatic heterocycles. The SMILES string of the molecule is C#CCNC(=O)Cn1cc(Br)c([N+](=O)[O-])n1. The smallest absolute Gasteiger partial charge is 0.358 e. The van der Waals surface area contributed by atoms with E-state index in [9.17, 15) is 14.9 Å². The van der Waals surface area contributed by atoms with Crippen molar-refractivity contribution in [1.82, 2.24) is 15.1 Å². The van der Waals surface area contributed by atoms with Crippen LogP contribution < -0.4 is 5.32 Å². The summed E-state index contributed by atoms with van der Waals surface area (Å²) in [6.07, 6.45) is 6.31. The molecular formula is C8H7BrN4O3. The molecule has 0 fully saturated rings. The first kappa shape index (κ1) is 12.2. The Labute approximate surface area is 99.1 Å². The Bertz CT molecular complexity index is 462.